The second-order valence-corrected chi connectivity index (χ2v) is 3.75. The lowest BCUT2D eigenvalue weighted by Gasteiger charge is -2.17. The van der Waals surface area contributed by atoms with E-state index in [1.165, 1.54) is 0 Å². The van der Waals surface area contributed by atoms with E-state index in [-0.39, 0.29) is 6.04 Å². The number of hydrogen-bond donors (Lipinski definition) is 1. The molecule has 0 saturated heterocycles. The van der Waals surface area contributed by atoms with Crippen molar-refractivity contribution in [1.29, 1.82) is 0 Å². The summed E-state index contributed by atoms with van der Waals surface area (Å²) in [5.41, 5.74) is 0.933. The molecule has 15 heavy (non-hydrogen) atoms. The van der Waals surface area contributed by atoms with Gasteiger partial charge in [-0.1, -0.05) is 24.6 Å². The van der Waals surface area contributed by atoms with Crippen molar-refractivity contribution in [3.63, 3.8) is 0 Å². The number of nitrogens with zero attached hydrogens (tertiary/aromatic N) is 1. The van der Waals surface area contributed by atoms with Crippen LogP contribution < -0.4 is 5.32 Å². The van der Waals surface area contributed by atoms with Crippen molar-refractivity contribution >= 4 is 11.6 Å². The predicted octanol–water partition coefficient (Wildman–Crippen LogP) is 3.35. The van der Waals surface area contributed by atoms with Gasteiger partial charge in [-0.3, -0.25) is 4.98 Å². The molecule has 0 aliphatic heterocycles. The van der Waals surface area contributed by atoms with E-state index in [1.54, 1.807) is 6.20 Å². The molecule has 0 spiro atoms. The third-order valence-electron chi connectivity index (χ3n) is 2.23. The Bertz CT molecular complexity index is 312. The van der Waals surface area contributed by atoms with Gasteiger partial charge in [0.05, 0.1) is 16.8 Å². The van der Waals surface area contributed by atoms with E-state index in [1.807, 2.05) is 18.2 Å². The molecule has 1 aromatic rings. The van der Waals surface area contributed by atoms with Crippen LogP contribution >= 0.6 is 11.6 Å². The summed E-state index contributed by atoms with van der Waals surface area (Å²) in [6.07, 6.45) is 5.64. The zero-order valence-electron chi connectivity index (χ0n) is 9.04. The summed E-state index contributed by atoms with van der Waals surface area (Å²) in [7, 11) is 0. The van der Waals surface area contributed by atoms with E-state index < -0.39 is 0 Å². The second-order valence-electron chi connectivity index (χ2n) is 3.35. The highest BCUT2D eigenvalue weighted by Crippen LogP contribution is 2.23. The lowest BCUT2D eigenvalue weighted by Crippen LogP contribution is -2.22. The topological polar surface area (TPSA) is 24.9 Å². The summed E-state index contributed by atoms with van der Waals surface area (Å²) < 4.78 is 0. The fraction of sp³-hybridized carbons (Fsp3) is 0.417. The maximum absolute atomic E-state index is 6.11. The van der Waals surface area contributed by atoms with Crippen LogP contribution in [0.15, 0.2) is 31.0 Å². The molecule has 1 unspecified atom stereocenters. The van der Waals surface area contributed by atoms with Crippen molar-refractivity contribution in [2.75, 3.05) is 6.54 Å². The van der Waals surface area contributed by atoms with Gasteiger partial charge in [0.1, 0.15) is 0 Å². The van der Waals surface area contributed by atoms with Crippen LogP contribution in [0, 0.1) is 0 Å². The Morgan fingerprint density at radius 1 is 1.67 bits per heavy atom. The largest absolute Gasteiger partial charge is 0.309 e. The fourth-order valence-corrected chi connectivity index (χ4v) is 1.77. The summed E-state index contributed by atoms with van der Waals surface area (Å²) >= 11 is 6.11. The van der Waals surface area contributed by atoms with Crippen LogP contribution in [0.2, 0.25) is 5.02 Å². The molecular formula is C12H17ClN2. The zero-order chi connectivity index (χ0) is 11.1. The van der Waals surface area contributed by atoms with E-state index in [0.29, 0.717) is 0 Å². The van der Waals surface area contributed by atoms with E-state index in [9.17, 15) is 0 Å². The molecule has 1 aromatic heterocycles. The zero-order valence-corrected chi connectivity index (χ0v) is 9.80. The minimum Gasteiger partial charge on any atom is -0.309 e. The molecule has 0 saturated carbocycles. The maximum Gasteiger partial charge on any atom is 0.0759 e. The monoisotopic (exact) mass is 224 g/mol. The Hall–Kier alpha value is -0.860. The molecule has 0 fully saturated rings. The average Bonchev–Trinajstić information content (AvgIpc) is 2.25. The fourth-order valence-electron chi connectivity index (χ4n) is 1.52. The molecule has 1 heterocycles. The average molecular weight is 225 g/mol. The molecule has 2 nitrogen and oxygen atoms in total. The van der Waals surface area contributed by atoms with Gasteiger partial charge in [-0.15, -0.1) is 6.58 Å². The smallest absolute Gasteiger partial charge is 0.0759 e. The van der Waals surface area contributed by atoms with Crippen LogP contribution in [0.3, 0.4) is 0 Å². The van der Waals surface area contributed by atoms with Gasteiger partial charge in [-0.05, 0) is 31.5 Å². The van der Waals surface area contributed by atoms with Crippen molar-refractivity contribution < 1.29 is 0 Å². The minimum atomic E-state index is 0.224. The first-order chi connectivity index (χ1) is 7.29. The van der Waals surface area contributed by atoms with Crippen LogP contribution in [0.25, 0.3) is 0 Å². The first kappa shape index (κ1) is 12.2. The molecule has 0 radical (unpaired) electrons. The van der Waals surface area contributed by atoms with E-state index in [0.717, 1.165) is 30.1 Å². The number of rotatable bonds is 6. The maximum atomic E-state index is 6.11. The molecule has 1 atom stereocenters. The van der Waals surface area contributed by atoms with Gasteiger partial charge < -0.3 is 5.32 Å². The molecule has 1 N–H and O–H groups in total. The number of halogens is 1. The Balaban J connectivity index is 2.78. The summed E-state index contributed by atoms with van der Waals surface area (Å²) in [5.74, 6) is 0. The lowest BCUT2D eigenvalue weighted by molar-refractivity contribution is 0.508. The van der Waals surface area contributed by atoms with Gasteiger partial charge in [-0.25, -0.2) is 0 Å². The van der Waals surface area contributed by atoms with E-state index in [2.05, 4.69) is 23.8 Å². The number of pyridine rings is 1. The highest BCUT2D eigenvalue weighted by molar-refractivity contribution is 6.31. The molecule has 3 heteroatoms. The highest BCUT2D eigenvalue weighted by Gasteiger charge is 2.13. The van der Waals surface area contributed by atoms with Crippen LogP contribution in [-0.4, -0.2) is 11.5 Å². The number of hydrogen-bond acceptors (Lipinski definition) is 2. The Morgan fingerprint density at radius 2 is 2.47 bits per heavy atom. The van der Waals surface area contributed by atoms with Crippen molar-refractivity contribution in [1.82, 2.24) is 10.3 Å². The van der Waals surface area contributed by atoms with Crippen LogP contribution in [0.4, 0.5) is 0 Å². The molecule has 0 amide bonds. The summed E-state index contributed by atoms with van der Waals surface area (Å²) in [4.78, 5) is 4.32. The number of aromatic nitrogens is 1. The van der Waals surface area contributed by atoms with Crippen LogP contribution in [0.1, 0.15) is 31.5 Å². The first-order valence-electron chi connectivity index (χ1n) is 5.24. The third kappa shape index (κ3) is 3.65. The summed E-state index contributed by atoms with van der Waals surface area (Å²) in [6, 6.07) is 3.95. The van der Waals surface area contributed by atoms with Gasteiger partial charge >= 0.3 is 0 Å². The number of nitrogens with one attached hydrogen (secondary N) is 1. The van der Waals surface area contributed by atoms with Crippen LogP contribution in [0.5, 0.6) is 0 Å². The van der Waals surface area contributed by atoms with Gasteiger partial charge in [-0.2, -0.15) is 0 Å². The molecule has 0 bridgehead atoms. The Kier molecular flexibility index (Phi) is 5.37. The summed E-state index contributed by atoms with van der Waals surface area (Å²) in [5, 5.41) is 4.11. The predicted molar refractivity (Wildman–Crippen MR) is 65.1 cm³/mol. The van der Waals surface area contributed by atoms with E-state index in [4.69, 9.17) is 11.6 Å². The van der Waals surface area contributed by atoms with Crippen LogP contribution in [-0.2, 0) is 0 Å². The van der Waals surface area contributed by atoms with Gasteiger partial charge in [0.2, 0.25) is 0 Å². The lowest BCUT2D eigenvalue weighted by atomic mass is 10.1. The minimum absolute atomic E-state index is 0.224. The molecule has 0 aliphatic rings. The van der Waals surface area contributed by atoms with Crippen molar-refractivity contribution in [2.24, 2.45) is 0 Å². The van der Waals surface area contributed by atoms with Crippen molar-refractivity contribution in [3.05, 3.63) is 41.7 Å². The molecule has 82 valence electrons. The SMILES string of the molecule is C=CCCC(NCC)c1ncccc1Cl. The number of allylic oxidation sites excluding steroid dienone is 1. The second kappa shape index (κ2) is 6.59. The summed E-state index contributed by atoms with van der Waals surface area (Å²) in [6.45, 7) is 6.72. The quantitative estimate of drug-likeness (QED) is 0.750. The molecular weight excluding hydrogens is 208 g/mol. The van der Waals surface area contributed by atoms with Crippen molar-refractivity contribution in [3.8, 4) is 0 Å². The van der Waals surface area contributed by atoms with Gasteiger partial charge in [0.15, 0.2) is 0 Å². The Labute approximate surface area is 96.4 Å². The Morgan fingerprint density at radius 3 is 3.07 bits per heavy atom. The molecule has 0 aliphatic carbocycles. The third-order valence-corrected chi connectivity index (χ3v) is 2.55. The van der Waals surface area contributed by atoms with Gasteiger partial charge in [0.25, 0.3) is 0 Å². The first-order valence-corrected chi connectivity index (χ1v) is 5.62. The normalized spacial score (nSPS) is 12.4. The molecule has 0 aromatic carbocycles. The molecule has 1 rings (SSSR count). The highest BCUT2D eigenvalue weighted by atomic mass is 35.5. The standard InChI is InChI=1S/C12H17ClN2/c1-3-5-8-11(14-4-2)12-10(13)7-6-9-15-12/h3,6-7,9,11,14H,1,4-5,8H2,2H3. The van der Waals surface area contributed by atoms with Crippen molar-refractivity contribution in [2.45, 2.75) is 25.8 Å². The van der Waals surface area contributed by atoms with E-state index >= 15 is 0 Å². The van der Waals surface area contributed by atoms with Gasteiger partial charge in [0, 0.05) is 6.20 Å².